The van der Waals surface area contributed by atoms with E-state index in [0.717, 1.165) is 12.1 Å². The van der Waals surface area contributed by atoms with Crippen LogP contribution in [0.15, 0.2) is 47.8 Å². The van der Waals surface area contributed by atoms with E-state index in [1.807, 2.05) is 18.2 Å². The fraction of sp³-hybridized carbons (Fsp3) is 0.200. The lowest BCUT2D eigenvalue weighted by Gasteiger charge is -2.25. The number of nitrogens with zero attached hydrogens (tertiary/aromatic N) is 3. The number of aromatic nitrogens is 1. The number of pyridine rings is 1. The highest BCUT2D eigenvalue weighted by molar-refractivity contribution is 5.96. The summed E-state index contributed by atoms with van der Waals surface area (Å²) in [7, 11) is 0. The summed E-state index contributed by atoms with van der Waals surface area (Å²) < 4.78 is 0. The molecule has 0 amide bonds. The van der Waals surface area contributed by atoms with Gasteiger partial charge in [0.25, 0.3) is 0 Å². The van der Waals surface area contributed by atoms with E-state index in [0.29, 0.717) is 11.7 Å². The molecule has 1 aliphatic rings. The number of amidine groups is 1. The molecule has 2 heterocycles. The van der Waals surface area contributed by atoms with Crippen LogP contribution in [-0.4, -0.2) is 22.1 Å². The van der Waals surface area contributed by atoms with Crippen LogP contribution >= 0.6 is 0 Å². The topological polar surface area (TPSA) is 74.7 Å². The molecule has 0 saturated carbocycles. The lowest BCUT2D eigenvalue weighted by atomic mass is 10.1. The Bertz CT molecular complexity index is 668. The van der Waals surface area contributed by atoms with Crippen molar-refractivity contribution in [3.63, 3.8) is 0 Å². The van der Waals surface area contributed by atoms with Crippen LogP contribution in [0, 0.1) is 0 Å². The summed E-state index contributed by atoms with van der Waals surface area (Å²) in [5, 5.41) is 11.8. The molecule has 1 atom stereocenters. The Hall–Kier alpha value is -2.56. The maximum absolute atomic E-state index is 8.76. The SMILES string of the molecule is CC1Cc2ccccc2N1c1ccnc(C(N)=NO)c1. The summed E-state index contributed by atoms with van der Waals surface area (Å²) in [5.74, 6) is 0.0204. The second kappa shape index (κ2) is 4.85. The van der Waals surface area contributed by atoms with Crippen molar-refractivity contribution in [3.8, 4) is 0 Å². The average molecular weight is 268 g/mol. The molecule has 1 aromatic heterocycles. The largest absolute Gasteiger partial charge is 0.409 e. The van der Waals surface area contributed by atoms with Crippen LogP contribution in [0.4, 0.5) is 11.4 Å². The fourth-order valence-corrected chi connectivity index (χ4v) is 2.72. The first kappa shape index (κ1) is 12.5. The Morgan fingerprint density at radius 2 is 2.20 bits per heavy atom. The fourth-order valence-electron chi connectivity index (χ4n) is 2.72. The van der Waals surface area contributed by atoms with Gasteiger partial charge in [-0.25, -0.2) is 0 Å². The van der Waals surface area contributed by atoms with E-state index >= 15 is 0 Å². The predicted molar refractivity (Wildman–Crippen MR) is 78.5 cm³/mol. The van der Waals surface area contributed by atoms with Crippen molar-refractivity contribution in [2.75, 3.05) is 4.90 Å². The summed E-state index contributed by atoms with van der Waals surface area (Å²) >= 11 is 0. The molecule has 0 saturated heterocycles. The molecule has 1 unspecified atom stereocenters. The van der Waals surface area contributed by atoms with Crippen molar-refractivity contribution in [2.45, 2.75) is 19.4 Å². The number of hydrogen-bond acceptors (Lipinski definition) is 4. The molecule has 1 aromatic carbocycles. The van der Waals surface area contributed by atoms with E-state index in [4.69, 9.17) is 10.9 Å². The number of anilines is 2. The molecule has 0 fully saturated rings. The molecule has 0 spiro atoms. The van der Waals surface area contributed by atoms with Gasteiger partial charge < -0.3 is 15.8 Å². The summed E-state index contributed by atoms with van der Waals surface area (Å²) in [6, 6.07) is 12.5. The summed E-state index contributed by atoms with van der Waals surface area (Å²) in [5.41, 5.74) is 9.62. The molecule has 0 aliphatic carbocycles. The van der Waals surface area contributed by atoms with Gasteiger partial charge >= 0.3 is 0 Å². The van der Waals surface area contributed by atoms with Gasteiger partial charge in [0.1, 0.15) is 5.69 Å². The van der Waals surface area contributed by atoms with Crippen molar-refractivity contribution in [3.05, 3.63) is 53.9 Å². The van der Waals surface area contributed by atoms with Crippen molar-refractivity contribution in [1.29, 1.82) is 0 Å². The smallest absolute Gasteiger partial charge is 0.188 e. The lowest BCUT2D eigenvalue weighted by Crippen LogP contribution is -2.24. The number of benzene rings is 1. The maximum Gasteiger partial charge on any atom is 0.188 e. The molecule has 1 aliphatic heterocycles. The van der Waals surface area contributed by atoms with Crippen molar-refractivity contribution < 1.29 is 5.21 Å². The molecule has 20 heavy (non-hydrogen) atoms. The van der Waals surface area contributed by atoms with Gasteiger partial charge in [0, 0.05) is 23.6 Å². The predicted octanol–water partition coefficient (Wildman–Crippen LogP) is 2.26. The van der Waals surface area contributed by atoms with Crippen molar-refractivity contribution in [1.82, 2.24) is 4.98 Å². The number of para-hydroxylation sites is 1. The minimum absolute atomic E-state index is 0.0204. The first-order valence-corrected chi connectivity index (χ1v) is 6.52. The Balaban J connectivity index is 2.05. The van der Waals surface area contributed by atoms with E-state index in [1.54, 1.807) is 6.20 Å². The zero-order valence-corrected chi connectivity index (χ0v) is 11.2. The van der Waals surface area contributed by atoms with Gasteiger partial charge in [0.05, 0.1) is 0 Å². The zero-order valence-electron chi connectivity index (χ0n) is 11.2. The van der Waals surface area contributed by atoms with E-state index in [2.05, 4.69) is 40.2 Å². The highest BCUT2D eigenvalue weighted by Crippen LogP contribution is 2.37. The monoisotopic (exact) mass is 268 g/mol. The standard InChI is InChI=1S/C15H16N4O/c1-10-8-11-4-2-3-5-14(11)19(10)12-6-7-17-13(9-12)15(16)18-20/h2-7,9-10,20H,8H2,1H3,(H2,16,18). The van der Waals surface area contributed by atoms with Gasteiger partial charge in [-0.1, -0.05) is 23.4 Å². The van der Waals surface area contributed by atoms with Gasteiger partial charge in [-0.15, -0.1) is 0 Å². The number of hydrogen-bond donors (Lipinski definition) is 2. The number of rotatable bonds is 2. The Morgan fingerprint density at radius 3 is 3.00 bits per heavy atom. The molecule has 5 heteroatoms. The summed E-state index contributed by atoms with van der Waals surface area (Å²) in [6.45, 7) is 2.18. The van der Waals surface area contributed by atoms with E-state index < -0.39 is 0 Å². The van der Waals surface area contributed by atoms with E-state index in [9.17, 15) is 0 Å². The lowest BCUT2D eigenvalue weighted by molar-refractivity contribution is 0.318. The van der Waals surface area contributed by atoms with E-state index in [-0.39, 0.29) is 5.84 Å². The van der Waals surface area contributed by atoms with Gasteiger partial charge in [-0.2, -0.15) is 0 Å². The van der Waals surface area contributed by atoms with Crippen LogP contribution in [0.2, 0.25) is 0 Å². The number of oxime groups is 1. The third-order valence-corrected chi connectivity index (χ3v) is 3.60. The van der Waals surface area contributed by atoms with Crippen molar-refractivity contribution >= 4 is 17.2 Å². The number of fused-ring (bicyclic) bond motifs is 1. The first-order chi connectivity index (χ1) is 9.70. The van der Waals surface area contributed by atoms with Crippen LogP contribution in [0.1, 0.15) is 18.2 Å². The van der Waals surface area contributed by atoms with Crippen molar-refractivity contribution in [2.24, 2.45) is 10.9 Å². The zero-order chi connectivity index (χ0) is 14.1. The number of nitrogens with two attached hydrogens (primary N) is 1. The first-order valence-electron chi connectivity index (χ1n) is 6.52. The average Bonchev–Trinajstić information content (AvgIpc) is 2.82. The quantitative estimate of drug-likeness (QED) is 0.379. The van der Waals surface area contributed by atoms with Crippen LogP contribution in [0.3, 0.4) is 0 Å². The summed E-state index contributed by atoms with van der Waals surface area (Å²) in [4.78, 5) is 6.38. The molecular formula is C15H16N4O. The second-order valence-corrected chi connectivity index (χ2v) is 4.94. The minimum atomic E-state index is 0.0204. The maximum atomic E-state index is 8.76. The molecular weight excluding hydrogens is 252 g/mol. The summed E-state index contributed by atoms with van der Waals surface area (Å²) in [6.07, 6.45) is 2.69. The highest BCUT2D eigenvalue weighted by atomic mass is 16.4. The van der Waals surface area contributed by atoms with E-state index in [1.165, 1.54) is 11.3 Å². The molecule has 0 radical (unpaired) electrons. The third-order valence-electron chi connectivity index (χ3n) is 3.60. The highest BCUT2D eigenvalue weighted by Gasteiger charge is 2.26. The van der Waals surface area contributed by atoms with Gasteiger partial charge in [-0.05, 0) is 37.1 Å². The van der Waals surface area contributed by atoms with Crippen LogP contribution in [0.5, 0.6) is 0 Å². The van der Waals surface area contributed by atoms with Gasteiger partial charge in [0.15, 0.2) is 5.84 Å². The molecule has 3 N–H and O–H groups in total. The molecule has 5 nitrogen and oxygen atoms in total. The molecule has 2 aromatic rings. The van der Waals surface area contributed by atoms with Crippen LogP contribution < -0.4 is 10.6 Å². The Labute approximate surface area is 117 Å². The van der Waals surface area contributed by atoms with Crippen LogP contribution in [-0.2, 0) is 6.42 Å². The minimum Gasteiger partial charge on any atom is -0.409 e. The third kappa shape index (κ3) is 1.97. The Kier molecular flexibility index (Phi) is 3.02. The Morgan fingerprint density at radius 1 is 1.40 bits per heavy atom. The van der Waals surface area contributed by atoms with Gasteiger partial charge in [0.2, 0.25) is 0 Å². The molecule has 102 valence electrons. The van der Waals surface area contributed by atoms with Crippen LogP contribution in [0.25, 0.3) is 0 Å². The van der Waals surface area contributed by atoms with Gasteiger partial charge in [-0.3, -0.25) is 4.98 Å². The normalized spacial score (nSPS) is 18.1. The second-order valence-electron chi connectivity index (χ2n) is 4.94. The molecule has 0 bridgehead atoms. The molecule has 3 rings (SSSR count).